The van der Waals surface area contributed by atoms with Crippen LogP contribution >= 0.6 is 14.7 Å². The summed E-state index contributed by atoms with van der Waals surface area (Å²) in [6.07, 6.45) is 30.4. The molecule has 5 aromatic rings. The van der Waals surface area contributed by atoms with E-state index in [9.17, 15) is 44.7 Å². The number of benzene rings is 5. The van der Waals surface area contributed by atoms with Crippen LogP contribution in [0.2, 0.25) is 0 Å². The number of hydrogen-bond acceptors (Lipinski definition) is 15. The van der Waals surface area contributed by atoms with E-state index in [1.165, 1.54) is 93.0 Å². The molecule has 4 heterocycles. The van der Waals surface area contributed by atoms with Crippen LogP contribution in [0.5, 0.6) is 0 Å². The minimum atomic E-state index is -4.70. The van der Waals surface area contributed by atoms with Crippen LogP contribution in [0.4, 0.5) is 22.7 Å². The number of nitrogens with zero attached hydrogens (tertiary/aromatic N) is 4. The third-order valence-corrected chi connectivity index (χ3v) is 27.0. The summed E-state index contributed by atoms with van der Waals surface area (Å²) in [5.74, 6) is 0. The molecule has 0 bridgehead atoms. The minimum absolute atomic E-state index is 0. The molecule has 618 valence electrons. The van der Waals surface area contributed by atoms with Crippen molar-refractivity contribution in [2.75, 3.05) is 76.6 Å². The maximum Gasteiger partial charge on any atom is 1.00 e. The first-order valence-electron chi connectivity index (χ1n) is 39.3. The van der Waals surface area contributed by atoms with Gasteiger partial charge in [-0.15, -0.1) is 6.07 Å². The van der Waals surface area contributed by atoms with Crippen LogP contribution in [0.1, 0.15) is 206 Å². The van der Waals surface area contributed by atoms with E-state index in [0.29, 0.717) is 49.5 Å². The number of aryl methyl sites for hydroxylation is 2. The Morgan fingerprint density at radius 2 is 1.11 bits per heavy atom. The largest absolute Gasteiger partial charge is 1.00 e. The zero-order valence-electron chi connectivity index (χ0n) is 69.6. The standard InChI is InChI=1S/C41H57N2O11PS2.C28H34NO2.C19H30NOP.CH4.K.OS/c1-8-17-39(57(49,50)51)43-36-23-21-32(56(46,47)48)29-34(36)41(7,24-27-55(45,53-9-2)54-10-3)38(43)19-14-11-13-18-37-40(5,6)33-28-31(4)20-22-35(33)42(37)25-15-12-16-26-52-30-44;1-23-17-18-26-25(21-23)28(2,3)27(29(26)19-11-6-12-20-31-22-30)16-10-5-9-15-24-13-7-4-8-14-24;1-6-7-10-14-20-16(2)19(3,13-15-22(4,5)21)17-11-8-9-12-18(17)20;;;1-2/h11,13-14,18-23,28-30,39H,8-10,12,15-17,24-27H2,1-7H3,(H-,46,47,48,49,50,51);4-5,7-10,13-14,16-18,21-22H,6,11-12,15,19-20H2,1-3H3;9,11-12H,6-7,10,13-15H2,1-5H3;1H4;;/q;+1;;;+1;/p+1. The fourth-order valence-corrected chi connectivity index (χ4v) is 19.8. The summed E-state index contributed by atoms with van der Waals surface area (Å²) < 4.78 is 133. The Bertz CT molecular complexity index is 4630. The van der Waals surface area contributed by atoms with Crippen molar-refractivity contribution >= 4 is 100 Å². The van der Waals surface area contributed by atoms with Crippen molar-refractivity contribution in [1.82, 2.24) is 0 Å². The summed E-state index contributed by atoms with van der Waals surface area (Å²) in [4.78, 5) is 22.0. The monoisotopic (exact) mass is 1690 g/mol. The quantitative estimate of drug-likeness (QED) is 0.00541. The second kappa shape index (κ2) is 46.7. The van der Waals surface area contributed by atoms with Gasteiger partial charge in [0.05, 0.1) is 55.5 Å². The number of carbonyl (C=O) groups is 2. The molecule has 114 heavy (non-hydrogen) atoms. The molecule has 0 saturated carbocycles. The molecule has 3 unspecified atom stereocenters. The van der Waals surface area contributed by atoms with Crippen LogP contribution in [0.25, 0.3) is 0 Å². The van der Waals surface area contributed by atoms with Gasteiger partial charge in [-0.3, -0.25) is 23.3 Å². The van der Waals surface area contributed by atoms with E-state index in [4.69, 9.17) is 22.7 Å². The Morgan fingerprint density at radius 1 is 0.588 bits per heavy atom. The van der Waals surface area contributed by atoms with E-state index in [2.05, 4.69) is 204 Å². The van der Waals surface area contributed by atoms with Crippen LogP contribution < -0.4 is 56.3 Å². The molecule has 3 atom stereocenters. The van der Waals surface area contributed by atoms with E-state index in [0.717, 1.165) is 94.1 Å². The van der Waals surface area contributed by atoms with Gasteiger partial charge >= 0.3 is 59.0 Å². The molecule has 0 aromatic heterocycles. The number of unbranched alkanes of at least 4 members (excludes halogenated alkanes) is 6. The first-order chi connectivity index (χ1) is 53.1. The van der Waals surface area contributed by atoms with Gasteiger partial charge in [0, 0.05) is 90.0 Å². The number of fused-ring (bicyclic) bond motifs is 4. The molecule has 0 aliphatic carbocycles. The number of ether oxygens (including phenoxy) is 2. The Balaban J connectivity index is 0.000000400. The number of allylic oxidation sites excluding steroid dienone is 10. The van der Waals surface area contributed by atoms with Crippen LogP contribution in [0, 0.1) is 19.9 Å². The van der Waals surface area contributed by atoms with Crippen LogP contribution in [0.3, 0.4) is 0 Å². The van der Waals surface area contributed by atoms with Crippen molar-refractivity contribution in [2.45, 2.75) is 219 Å². The summed E-state index contributed by atoms with van der Waals surface area (Å²) in [6.45, 7) is 35.7. The van der Waals surface area contributed by atoms with Crippen molar-refractivity contribution in [3.8, 4) is 0 Å². The maximum atomic E-state index is 13.8. The number of carbonyl (C=O) groups excluding carboxylic acids is 2. The molecule has 0 spiro atoms. The van der Waals surface area contributed by atoms with Gasteiger partial charge in [-0.1, -0.05) is 137 Å². The topological polar surface area (TPSA) is 243 Å². The van der Waals surface area contributed by atoms with Gasteiger partial charge in [0.15, 0.2) is 35.0 Å². The summed E-state index contributed by atoms with van der Waals surface area (Å²) in [5, 5.41) is -1.43. The zero-order chi connectivity index (χ0) is 82.7. The van der Waals surface area contributed by atoms with Crippen molar-refractivity contribution in [3.05, 3.63) is 209 Å². The summed E-state index contributed by atoms with van der Waals surface area (Å²) in [5.41, 5.74) is 14.9. The summed E-state index contributed by atoms with van der Waals surface area (Å²) in [6, 6.07) is 37.2. The number of hydrogen-bond donors (Lipinski definition) is 2. The molecular formula is C89H126KN4O15P2S3+3. The average Bonchev–Trinajstić information content (AvgIpc) is 1.82. The van der Waals surface area contributed by atoms with Crippen molar-refractivity contribution < 1.29 is 133 Å². The molecule has 4 aliphatic heterocycles. The molecular weight excluding hydrogens is 1560 g/mol. The van der Waals surface area contributed by atoms with E-state index in [-0.39, 0.29) is 107 Å². The third-order valence-electron chi connectivity index (χ3n) is 21.7. The Kier molecular flexibility index (Phi) is 41.3. The Hall–Kier alpha value is -5.59. The zero-order valence-corrected chi connectivity index (χ0v) is 77.0. The van der Waals surface area contributed by atoms with Gasteiger partial charge in [-0.2, -0.15) is 48.4 Å². The molecule has 0 amide bonds. The van der Waals surface area contributed by atoms with Gasteiger partial charge in [-0.25, -0.2) is 4.58 Å². The Labute approximate surface area is 730 Å². The molecule has 0 saturated heterocycles. The van der Waals surface area contributed by atoms with Gasteiger partial charge in [-0.05, 0) is 181 Å². The van der Waals surface area contributed by atoms with Crippen LogP contribution in [-0.2, 0) is 98.1 Å². The number of rotatable bonds is 40. The van der Waals surface area contributed by atoms with Crippen LogP contribution in [0.15, 0.2) is 168 Å². The van der Waals surface area contributed by atoms with Gasteiger partial charge in [0.2, 0.25) is 11.4 Å². The smallest absolute Gasteiger partial charge is 0.468 e. The average molecular weight is 1690 g/mol. The van der Waals surface area contributed by atoms with E-state index in [1.807, 2.05) is 31.5 Å². The van der Waals surface area contributed by atoms with Gasteiger partial charge in [0.25, 0.3) is 33.2 Å². The predicted octanol–water partition coefficient (Wildman–Crippen LogP) is 16.8. The molecule has 0 radical (unpaired) electrons. The Morgan fingerprint density at radius 3 is 1.61 bits per heavy atom. The third kappa shape index (κ3) is 26.7. The molecule has 2 N–H and O–H groups in total. The minimum Gasteiger partial charge on any atom is -0.468 e. The van der Waals surface area contributed by atoms with E-state index >= 15 is 0 Å². The fraction of sp³-hybridized carbons (Fsp3) is 0.494. The molecule has 25 heteroatoms. The first kappa shape index (κ1) is 101. The molecule has 0 fully saturated rings. The van der Waals surface area contributed by atoms with Crippen LogP contribution in [-0.4, -0.2) is 151 Å². The SMILES string of the molecule is C.CCCC(N1C(=CC=CC=CC2=[N+](CCCCCOC=O)c3ccc(C)cc3C2(C)C)C(C)(CCP(=O)(OCC)OCC)c2cc(S(=O)(=O)O)ccc21)S(=O)(=O)O.CCCCC[N+]1=C(C)C(C)(CCP(C)(C)=O)c2c[c-]ccc21.Cc1ccc2c(c1)C(C)(C)C(C=CC=CCc1ccccc1)=[N+]2CCCCCOC=O.O=S.[K+]. The van der Waals surface area contributed by atoms with Crippen molar-refractivity contribution in [1.29, 1.82) is 0 Å². The van der Waals surface area contributed by atoms with Crippen molar-refractivity contribution in [2.24, 2.45) is 0 Å². The summed E-state index contributed by atoms with van der Waals surface area (Å²) >= 11 is 2.83. The molecule has 5 aromatic carbocycles. The van der Waals surface area contributed by atoms with Gasteiger partial charge in [0.1, 0.15) is 25.3 Å². The molecule has 9 rings (SSSR count). The fourth-order valence-electron chi connectivity index (χ4n) is 15.5. The van der Waals surface area contributed by atoms with Gasteiger partial charge < -0.3 is 28.0 Å². The second-order valence-electron chi connectivity index (χ2n) is 31.0. The second-order valence-corrected chi connectivity index (χ2v) is 39.8. The molecule has 4 aliphatic rings. The predicted molar refractivity (Wildman–Crippen MR) is 463 cm³/mol. The first-order valence-corrected chi connectivity index (χ1v) is 47.0. The summed E-state index contributed by atoms with van der Waals surface area (Å²) in [7, 11) is -15.0. The van der Waals surface area contributed by atoms with E-state index < -0.39 is 50.7 Å². The maximum absolute atomic E-state index is 13.8. The van der Waals surface area contributed by atoms with E-state index in [1.54, 1.807) is 39.8 Å². The normalized spacial score (nSPS) is 18.0. The molecule has 19 nitrogen and oxygen atoms in total. The number of anilines is 1. The van der Waals surface area contributed by atoms with Crippen molar-refractivity contribution in [3.63, 3.8) is 0 Å².